The monoisotopic (exact) mass is 391 g/mol. The van der Waals surface area contributed by atoms with Crippen molar-refractivity contribution in [3.05, 3.63) is 28.8 Å². The minimum atomic E-state index is 0.249. The van der Waals surface area contributed by atoms with Gasteiger partial charge in [-0.2, -0.15) is 14.7 Å². The number of hydrogen-bond acceptors (Lipinski definition) is 5. The number of nitrogens with one attached hydrogen (secondary N) is 3. The Bertz CT molecular complexity index is 875. The molecule has 1 aliphatic heterocycles. The van der Waals surface area contributed by atoms with Crippen molar-refractivity contribution in [1.29, 1.82) is 0 Å². The van der Waals surface area contributed by atoms with Crippen molar-refractivity contribution in [2.45, 2.75) is 5.92 Å². The van der Waals surface area contributed by atoms with E-state index < -0.39 is 0 Å². The van der Waals surface area contributed by atoms with Gasteiger partial charge in [-0.15, -0.1) is 4.68 Å². The second kappa shape index (κ2) is 6.15. The summed E-state index contributed by atoms with van der Waals surface area (Å²) in [6, 6.07) is 0. The fourth-order valence-electron chi connectivity index (χ4n) is 3.08. The summed E-state index contributed by atoms with van der Waals surface area (Å²) in [6.07, 6.45) is 5.75. The number of anilines is 1. The molecule has 0 atom stereocenters. The van der Waals surface area contributed by atoms with Gasteiger partial charge in [0.2, 0.25) is 6.20 Å². The molecule has 1 fully saturated rings. The highest BCUT2D eigenvalue weighted by Crippen LogP contribution is 2.32. The number of nitrogens with two attached hydrogens (primary N) is 1. The van der Waals surface area contributed by atoms with Gasteiger partial charge in [-0.25, -0.2) is 4.98 Å². The van der Waals surface area contributed by atoms with Crippen molar-refractivity contribution in [3.8, 4) is 11.1 Å². The summed E-state index contributed by atoms with van der Waals surface area (Å²) in [5.74, 6) is 0.824. The molecule has 4 rings (SSSR count). The van der Waals surface area contributed by atoms with E-state index in [1.165, 1.54) is 0 Å². The SMILES string of the molecule is C[n+]1cc(-c2cnn3c(N)c(Br)c(C4CNCCNC4)nc23)c[nH]1. The Hall–Kier alpha value is -1.97. The lowest BCUT2D eigenvalue weighted by Gasteiger charge is -2.17. The van der Waals surface area contributed by atoms with Crippen LogP contribution in [-0.2, 0) is 7.05 Å². The molecule has 9 heteroatoms. The standard InChI is InChI=1S/C15H19BrN8/c1-23-8-10(6-20-23)11-7-21-24-14(17)12(16)13(22-15(11)24)9-4-18-2-3-19-5-9/h6-9,18-19H,2-5H2,1H3,(H2,17,21,22)/p+1. The number of aromatic nitrogens is 5. The maximum Gasteiger partial charge on any atom is 0.203 e. The predicted molar refractivity (Wildman–Crippen MR) is 94.5 cm³/mol. The van der Waals surface area contributed by atoms with Crippen molar-refractivity contribution in [2.75, 3.05) is 31.9 Å². The van der Waals surface area contributed by atoms with E-state index in [4.69, 9.17) is 10.7 Å². The van der Waals surface area contributed by atoms with Crippen molar-refractivity contribution in [2.24, 2.45) is 7.05 Å². The summed E-state index contributed by atoms with van der Waals surface area (Å²) in [5, 5.41) is 14.4. The molecule has 0 aromatic carbocycles. The van der Waals surface area contributed by atoms with Gasteiger partial charge in [0.15, 0.2) is 12.7 Å². The third kappa shape index (κ3) is 2.58. The summed E-state index contributed by atoms with van der Waals surface area (Å²) in [7, 11) is 1.95. The summed E-state index contributed by atoms with van der Waals surface area (Å²) >= 11 is 3.62. The minimum Gasteiger partial charge on any atom is -0.383 e. The highest BCUT2D eigenvalue weighted by Gasteiger charge is 2.23. The van der Waals surface area contributed by atoms with E-state index in [1.54, 1.807) is 4.52 Å². The molecule has 0 spiro atoms. The number of fused-ring (bicyclic) bond motifs is 1. The molecule has 0 aliphatic carbocycles. The maximum atomic E-state index is 6.32. The van der Waals surface area contributed by atoms with E-state index in [9.17, 15) is 0 Å². The molecule has 1 aliphatic rings. The van der Waals surface area contributed by atoms with E-state index in [-0.39, 0.29) is 5.92 Å². The fourth-order valence-corrected chi connectivity index (χ4v) is 3.66. The van der Waals surface area contributed by atoms with Crippen molar-refractivity contribution in [1.82, 2.24) is 30.3 Å². The third-order valence-electron chi connectivity index (χ3n) is 4.36. The van der Waals surface area contributed by atoms with E-state index in [2.05, 4.69) is 36.8 Å². The zero-order valence-electron chi connectivity index (χ0n) is 13.4. The summed E-state index contributed by atoms with van der Waals surface area (Å²) in [6.45, 7) is 3.67. The number of rotatable bonds is 2. The normalized spacial score (nSPS) is 16.6. The van der Waals surface area contributed by atoms with Crippen LogP contribution in [0.1, 0.15) is 11.6 Å². The lowest BCUT2D eigenvalue weighted by atomic mass is 10.1. The number of H-pyrrole nitrogens is 1. The Morgan fingerprint density at radius 2 is 2.08 bits per heavy atom. The predicted octanol–water partition coefficient (Wildman–Crippen LogP) is 0.170. The van der Waals surface area contributed by atoms with Crippen LogP contribution in [0.3, 0.4) is 0 Å². The lowest BCUT2D eigenvalue weighted by Crippen LogP contribution is -2.27. The van der Waals surface area contributed by atoms with E-state index in [0.29, 0.717) is 5.82 Å². The minimum absolute atomic E-state index is 0.249. The molecule has 3 aromatic heterocycles. The van der Waals surface area contributed by atoms with E-state index >= 15 is 0 Å². The first-order chi connectivity index (χ1) is 11.6. The summed E-state index contributed by atoms with van der Waals surface area (Å²) in [5.41, 5.74) is 10.0. The Balaban J connectivity index is 1.87. The fraction of sp³-hybridized carbons (Fsp3) is 0.400. The van der Waals surface area contributed by atoms with Crippen molar-refractivity contribution < 1.29 is 4.68 Å². The first kappa shape index (κ1) is 15.6. The highest BCUT2D eigenvalue weighted by atomic mass is 79.9. The number of halogens is 1. The molecule has 0 saturated carbocycles. The Kier molecular flexibility index (Phi) is 3.99. The molecule has 1 saturated heterocycles. The van der Waals surface area contributed by atoms with E-state index in [1.807, 2.05) is 30.3 Å². The zero-order valence-corrected chi connectivity index (χ0v) is 15.0. The van der Waals surface area contributed by atoms with Crippen LogP contribution >= 0.6 is 15.9 Å². The van der Waals surface area contributed by atoms with Gasteiger partial charge in [0.05, 0.1) is 33.7 Å². The largest absolute Gasteiger partial charge is 0.383 e. The molecule has 0 amide bonds. The molecular weight excluding hydrogens is 372 g/mol. The topological polar surface area (TPSA) is 99.9 Å². The second-order valence-corrected chi connectivity index (χ2v) is 6.86. The van der Waals surface area contributed by atoms with Crippen molar-refractivity contribution in [3.63, 3.8) is 0 Å². The molecule has 5 N–H and O–H groups in total. The molecule has 0 radical (unpaired) electrons. The van der Waals surface area contributed by atoms with Crippen LogP contribution in [0.2, 0.25) is 0 Å². The van der Waals surface area contributed by atoms with Crippen LogP contribution in [-0.4, -0.2) is 45.9 Å². The lowest BCUT2D eigenvalue weighted by molar-refractivity contribution is -0.726. The number of hydrogen-bond donors (Lipinski definition) is 4. The maximum absolute atomic E-state index is 6.32. The first-order valence-electron chi connectivity index (χ1n) is 7.93. The molecule has 4 heterocycles. The van der Waals surface area contributed by atoms with Crippen molar-refractivity contribution >= 4 is 27.4 Å². The number of nitrogens with zero attached hydrogens (tertiary/aromatic N) is 4. The van der Waals surface area contributed by atoms with Crippen LogP contribution < -0.4 is 21.0 Å². The quantitative estimate of drug-likeness (QED) is 0.466. The molecule has 0 unspecified atom stereocenters. The number of aryl methyl sites for hydroxylation is 1. The van der Waals surface area contributed by atoms with Crippen LogP contribution in [0.25, 0.3) is 16.8 Å². The Labute approximate surface area is 147 Å². The molecular formula is C15H20BrN8+. The third-order valence-corrected chi connectivity index (χ3v) is 5.17. The van der Waals surface area contributed by atoms with Gasteiger partial charge in [-0.1, -0.05) is 0 Å². The van der Waals surface area contributed by atoms with Gasteiger partial charge in [-0.05, 0) is 15.9 Å². The van der Waals surface area contributed by atoms with Gasteiger partial charge in [0.25, 0.3) is 0 Å². The Morgan fingerprint density at radius 3 is 2.75 bits per heavy atom. The first-order valence-corrected chi connectivity index (χ1v) is 8.73. The smallest absolute Gasteiger partial charge is 0.203 e. The molecule has 8 nitrogen and oxygen atoms in total. The van der Waals surface area contributed by atoms with Crippen LogP contribution in [0.4, 0.5) is 5.82 Å². The van der Waals surface area contributed by atoms with Gasteiger partial charge in [0.1, 0.15) is 5.82 Å². The van der Waals surface area contributed by atoms with Crippen LogP contribution in [0.15, 0.2) is 23.1 Å². The van der Waals surface area contributed by atoms with Gasteiger partial charge in [-0.3, -0.25) is 0 Å². The van der Waals surface area contributed by atoms with Gasteiger partial charge in [0, 0.05) is 32.1 Å². The average Bonchev–Trinajstić information content (AvgIpc) is 3.08. The molecule has 3 aromatic rings. The van der Waals surface area contributed by atoms with E-state index in [0.717, 1.165) is 53.1 Å². The van der Waals surface area contributed by atoms with Gasteiger partial charge >= 0.3 is 0 Å². The average molecular weight is 392 g/mol. The Morgan fingerprint density at radius 1 is 1.33 bits per heavy atom. The number of nitrogen functional groups attached to an aromatic ring is 1. The molecule has 0 bridgehead atoms. The summed E-state index contributed by atoms with van der Waals surface area (Å²) in [4.78, 5) is 4.92. The van der Waals surface area contributed by atoms with Gasteiger partial charge < -0.3 is 16.4 Å². The summed E-state index contributed by atoms with van der Waals surface area (Å²) < 4.78 is 4.40. The molecule has 24 heavy (non-hydrogen) atoms. The zero-order chi connectivity index (χ0) is 16.7. The second-order valence-electron chi connectivity index (χ2n) is 6.06. The van der Waals surface area contributed by atoms with Crippen LogP contribution in [0, 0.1) is 0 Å². The number of aromatic amines is 1. The highest BCUT2D eigenvalue weighted by molar-refractivity contribution is 9.10. The van der Waals surface area contributed by atoms with Crippen LogP contribution in [0.5, 0.6) is 0 Å². The molecule has 126 valence electrons.